The Bertz CT molecular complexity index is 546. The SMILES string of the molecule is COc1cc(C(C)C)ccc1S(=O)(=O)CC(=O)O. The van der Waals surface area contributed by atoms with E-state index in [0.717, 1.165) is 5.56 Å². The maximum Gasteiger partial charge on any atom is 0.319 e. The van der Waals surface area contributed by atoms with Crippen LogP contribution < -0.4 is 4.74 Å². The average molecular weight is 272 g/mol. The molecule has 0 fully saturated rings. The normalized spacial score (nSPS) is 11.6. The molecule has 0 bridgehead atoms. The van der Waals surface area contributed by atoms with Gasteiger partial charge in [0.05, 0.1) is 7.11 Å². The van der Waals surface area contributed by atoms with E-state index in [-0.39, 0.29) is 16.6 Å². The van der Waals surface area contributed by atoms with E-state index in [1.54, 1.807) is 12.1 Å². The van der Waals surface area contributed by atoms with E-state index in [9.17, 15) is 13.2 Å². The zero-order valence-electron chi connectivity index (χ0n) is 10.5. The van der Waals surface area contributed by atoms with Crippen LogP contribution in [0.25, 0.3) is 0 Å². The first-order chi connectivity index (χ1) is 8.27. The van der Waals surface area contributed by atoms with E-state index in [2.05, 4.69) is 0 Å². The molecule has 0 atom stereocenters. The molecule has 0 aliphatic heterocycles. The number of hydrogen-bond acceptors (Lipinski definition) is 4. The monoisotopic (exact) mass is 272 g/mol. The van der Waals surface area contributed by atoms with E-state index >= 15 is 0 Å². The van der Waals surface area contributed by atoms with Gasteiger partial charge in [0.15, 0.2) is 15.6 Å². The van der Waals surface area contributed by atoms with Crippen LogP contribution in [0.5, 0.6) is 5.75 Å². The Morgan fingerprint density at radius 3 is 2.44 bits per heavy atom. The van der Waals surface area contributed by atoms with Gasteiger partial charge in [-0.05, 0) is 23.6 Å². The van der Waals surface area contributed by atoms with E-state index in [1.165, 1.54) is 13.2 Å². The lowest BCUT2D eigenvalue weighted by Gasteiger charge is -2.12. The summed E-state index contributed by atoms with van der Waals surface area (Å²) in [4.78, 5) is 10.5. The highest BCUT2D eigenvalue weighted by Gasteiger charge is 2.23. The number of ether oxygens (including phenoxy) is 1. The lowest BCUT2D eigenvalue weighted by Crippen LogP contribution is -2.16. The molecule has 0 aliphatic rings. The molecule has 0 radical (unpaired) electrons. The number of methoxy groups -OCH3 is 1. The van der Waals surface area contributed by atoms with Gasteiger partial charge < -0.3 is 9.84 Å². The van der Waals surface area contributed by atoms with Crippen molar-refractivity contribution in [3.05, 3.63) is 23.8 Å². The molecule has 100 valence electrons. The Labute approximate surface area is 106 Å². The molecule has 18 heavy (non-hydrogen) atoms. The van der Waals surface area contributed by atoms with E-state index in [1.807, 2.05) is 13.8 Å². The van der Waals surface area contributed by atoms with Crippen LogP contribution in [0.4, 0.5) is 0 Å². The van der Waals surface area contributed by atoms with Crippen LogP contribution in [-0.4, -0.2) is 32.4 Å². The van der Waals surface area contributed by atoms with Crippen molar-refractivity contribution in [2.24, 2.45) is 0 Å². The largest absolute Gasteiger partial charge is 0.495 e. The summed E-state index contributed by atoms with van der Waals surface area (Å²) in [6, 6.07) is 4.69. The van der Waals surface area contributed by atoms with Crippen molar-refractivity contribution in [2.75, 3.05) is 12.9 Å². The molecule has 5 nitrogen and oxygen atoms in total. The van der Waals surface area contributed by atoms with Crippen LogP contribution in [0.3, 0.4) is 0 Å². The van der Waals surface area contributed by atoms with Crippen molar-refractivity contribution < 1.29 is 23.1 Å². The molecule has 0 heterocycles. The smallest absolute Gasteiger partial charge is 0.319 e. The molecule has 1 N–H and O–H groups in total. The molecule has 0 saturated carbocycles. The first kappa shape index (κ1) is 14.5. The summed E-state index contributed by atoms with van der Waals surface area (Å²) < 4.78 is 28.7. The van der Waals surface area contributed by atoms with Gasteiger partial charge in [-0.2, -0.15) is 0 Å². The topological polar surface area (TPSA) is 80.7 Å². The summed E-state index contributed by atoms with van der Waals surface area (Å²) in [6.45, 7) is 3.94. The minimum absolute atomic E-state index is 0.0863. The fourth-order valence-corrected chi connectivity index (χ4v) is 2.75. The lowest BCUT2D eigenvalue weighted by molar-refractivity contribution is -0.134. The van der Waals surface area contributed by atoms with Crippen molar-refractivity contribution in [3.8, 4) is 5.75 Å². The summed E-state index contributed by atoms with van der Waals surface area (Å²) in [7, 11) is -2.51. The van der Waals surface area contributed by atoms with Gasteiger partial charge in [-0.1, -0.05) is 19.9 Å². The highest BCUT2D eigenvalue weighted by atomic mass is 32.2. The van der Waals surface area contributed by atoms with Crippen LogP contribution >= 0.6 is 0 Å². The lowest BCUT2D eigenvalue weighted by atomic mass is 10.0. The van der Waals surface area contributed by atoms with Crippen molar-refractivity contribution in [1.82, 2.24) is 0 Å². The Morgan fingerprint density at radius 1 is 1.39 bits per heavy atom. The Balaban J connectivity index is 3.29. The highest BCUT2D eigenvalue weighted by Crippen LogP contribution is 2.28. The van der Waals surface area contributed by atoms with Gasteiger partial charge in [-0.25, -0.2) is 8.42 Å². The zero-order chi connectivity index (χ0) is 13.9. The third-order valence-electron chi connectivity index (χ3n) is 2.50. The summed E-state index contributed by atoms with van der Waals surface area (Å²) in [5.74, 6) is -1.91. The predicted molar refractivity (Wildman–Crippen MR) is 66.8 cm³/mol. The first-order valence-corrected chi connectivity index (χ1v) is 7.05. The second kappa shape index (κ2) is 5.39. The van der Waals surface area contributed by atoms with Gasteiger partial charge in [-0.3, -0.25) is 4.79 Å². The van der Waals surface area contributed by atoms with Crippen molar-refractivity contribution in [1.29, 1.82) is 0 Å². The molecule has 0 saturated heterocycles. The minimum atomic E-state index is -3.87. The molecule has 0 unspecified atom stereocenters. The number of benzene rings is 1. The van der Waals surface area contributed by atoms with Crippen molar-refractivity contribution in [3.63, 3.8) is 0 Å². The second-order valence-corrected chi connectivity index (χ2v) is 6.18. The fourth-order valence-electron chi connectivity index (χ4n) is 1.54. The summed E-state index contributed by atoms with van der Waals surface area (Å²) >= 11 is 0. The van der Waals surface area contributed by atoms with Crippen molar-refractivity contribution >= 4 is 15.8 Å². The van der Waals surface area contributed by atoms with Crippen LogP contribution in [0, 0.1) is 0 Å². The number of sulfone groups is 1. The summed E-state index contributed by atoms with van der Waals surface area (Å²) in [5.41, 5.74) is 0.932. The molecule has 6 heteroatoms. The van der Waals surface area contributed by atoms with Gasteiger partial charge in [-0.15, -0.1) is 0 Å². The Morgan fingerprint density at radius 2 is 2.00 bits per heavy atom. The van der Waals surface area contributed by atoms with Gasteiger partial charge in [0.2, 0.25) is 0 Å². The van der Waals surface area contributed by atoms with E-state index in [0.29, 0.717) is 0 Å². The van der Waals surface area contributed by atoms with Crippen LogP contribution in [-0.2, 0) is 14.6 Å². The summed E-state index contributed by atoms with van der Waals surface area (Å²) in [6.07, 6.45) is 0. The number of hydrogen-bond donors (Lipinski definition) is 1. The number of carboxylic acids is 1. The maximum absolute atomic E-state index is 11.8. The second-order valence-electron chi connectivity index (χ2n) is 4.22. The third kappa shape index (κ3) is 3.22. The van der Waals surface area contributed by atoms with E-state index < -0.39 is 21.6 Å². The fraction of sp³-hybridized carbons (Fsp3) is 0.417. The molecule has 0 amide bonds. The molecular weight excluding hydrogens is 256 g/mol. The standard InChI is InChI=1S/C12H16O5S/c1-8(2)9-4-5-11(10(6-9)17-3)18(15,16)7-12(13)14/h4-6,8H,7H2,1-3H3,(H,13,14). The van der Waals surface area contributed by atoms with Gasteiger partial charge in [0.1, 0.15) is 10.6 Å². The highest BCUT2D eigenvalue weighted by molar-refractivity contribution is 7.92. The molecule has 0 aromatic heterocycles. The molecule has 1 aromatic rings. The zero-order valence-corrected chi connectivity index (χ0v) is 11.3. The number of carbonyl (C=O) groups is 1. The Kier molecular flexibility index (Phi) is 4.34. The van der Waals surface area contributed by atoms with Crippen LogP contribution in [0.2, 0.25) is 0 Å². The maximum atomic E-state index is 11.8. The van der Waals surface area contributed by atoms with Gasteiger partial charge in [0.25, 0.3) is 0 Å². The number of rotatable bonds is 5. The molecule has 1 rings (SSSR count). The van der Waals surface area contributed by atoms with E-state index in [4.69, 9.17) is 9.84 Å². The van der Waals surface area contributed by atoms with Gasteiger partial charge >= 0.3 is 5.97 Å². The van der Waals surface area contributed by atoms with Crippen LogP contribution in [0.15, 0.2) is 23.1 Å². The predicted octanol–water partition coefficient (Wildman–Crippen LogP) is 1.68. The quantitative estimate of drug-likeness (QED) is 0.882. The number of carboxylic acid groups (broad SMARTS) is 1. The van der Waals surface area contributed by atoms with Crippen molar-refractivity contribution in [2.45, 2.75) is 24.7 Å². The molecular formula is C12H16O5S. The number of aliphatic carboxylic acids is 1. The first-order valence-electron chi connectivity index (χ1n) is 5.40. The van der Waals surface area contributed by atoms with Crippen LogP contribution in [0.1, 0.15) is 25.3 Å². The van der Waals surface area contributed by atoms with Gasteiger partial charge in [0, 0.05) is 0 Å². The molecule has 1 aromatic carbocycles. The molecule has 0 spiro atoms. The summed E-state index contributed by atoms with van der Waals surface area (Å²) in [5, 5.41) is 8.60. The third-order valence-corrected chi connectivity index (χ3v) is 4.14. The molecule has 0 aliphatic carbocycles. The minimum Gasteiger partial charge on any atom is -0.495 e. The average Bonchev–Trinajstić information content (AvgIpc) is 2.26. The Hall–Kier alpha value is -1.56.